The van der Waals surface area contributed by atoms with Crippen LogP contribution in [0.2, 0.25) is 0 Å². The van der Waals surface area contributed by atoms with E-state index in [-0.39, 0.29) is 18.4 Å². The normalized spacial score (nSPS) is 12.9. The summed E-state index contributed by atoms with van der Waals surface area (Å²) in [6, 6.07) is 13.6. The average molecular weight is 590 g/mol. The molecule has 4 aromatic rings. The number of alkyl halides is 6. The van der Waals surface area contributed by atoms with Gasteiger partial charge in [-0.2, -0.15) is 26.3 Å². The van der Waals surface area contributed by atoms with Crippen molar-refractivity contribution in [2.24, 2.45) is 0 Å². The molecule has 1 heterocycles. The molecule has 11 heteroatoms. The molecule has 5 nitrogen and oxygen atoms in total. The number of unbranched alkanes of at least 4 members (excludes halogenated alkanes) is 1. The van der Waals surface area contributed by atoms with Crippen molar-refractivity contribution in [1.82, 2.24) is 14.5 Å². The third kappa shape index (κ3) is 6.34. The summed E-state index contributed by atoms with van der Waals surface area (Å²) in [6.45, 7) is 5.37. The number of aryl methyl sites for hydroxylation is 1. The van der Waals surface area contributed by atoms with Crippen molar-refractivity contribution in [2.45, 2.75) is 58.4 Å². The van der Waals surface area contributed by atoms with Crippen molar-refractivity contribution in [2.75, 3.05) is 6.54 Å². The van der Waals surface area contributed by atoms with Crippen LogP contribution < -0.4 is 5.56 Å². The van der Waals surface area contributed by atoms with Gasteiger partial charge >= 0.3 is 12.4 Å². The molecule has 1 atom stereocenters. The Morgan fingerprint density at radius 3 is 2.05 bits per heavy atom. The first-order chi connectivity index (χ1) is 19.8. The summed E-state index contributed by atoms with van der Waals surface area (Å²) in [5.74, 6) is -0.918. The molecule has 0 fully saturated rings. The van der Waals surface area contributed by atoms with Crippen molar-refractivity contribution in [1.29, 1.82) is 0 Å². The number of rotatable bonds is 8. The van der Waals surface area contributed by atoms with Gasteiger partial charge in [0.05, 0.1) is 33.8 Å². The summed E-state index contributed by atoms with van der Waals surface area (Å²) < 4.78 is 82.8. The number of carbonyl (C=O) groups is 1. The van der Waals surface area contributed by atoms with Crippen LogP contribution in [0, 0.1) is 0 Å². The van der Waals surface area contributed by atoms with Gasteiger partial charge in [-0.1, -0.05) is 44.5 Å². The van der Waals surface area contributed by atoms with E-state index >= 15 is 0 Å². The molecule has 0 saturated carbocycles. The summed E-state index contributed by atoms with van der Waals surface area (Å²) >= 11 is 0. The third-order valence-electron chi connectivity index (χ3n) is 7.09. The molecule has 1 unspecified atom stereocenters. The highest BCUT2D eigenvalue weighted by atomic mass is 19.4. The van der Waals surface area contributed by atoms with E-state index < -0.39 is 46.6 Å². The van der Waals surface area contributed by atoms with Crippen LogP contribution in [0.15, 0.2) is 71.5 Å². The topological polar surface area (TPSA) is 55.2 Å². The molecule has 0 radical (unpaired) electrons. The van der Waals surface area contributed by atoms with E-state index in [1.165, 1.54) is 9.47 Å². The third-order valence-corrected chi connectivity index (χ3v) is 7.09. The van der Waals surface area contributed by atoms with Gasteiger partial charge in [0.2, 0.25) is 0 Å². The van der Waals surface area contributed by atoms with Gasteiger partial charge in [0, 0.05) is 12.1 Å². The van der Waals surface area contributed by atoms with Gasteiger partial charge in [-0.15, -0.1) is 0 Å². The first-order valence-electron chi connectivity index (χ1n) is 13.5. The maximum Gasteiger partial charge on any atom is 0.416 e. The van der Waals surface area contributed by atoms with Gasteiger partial charge in [-0.05, 0) is 67.8 Å². The number of hydrogen-bond donors (Lipinski definition) is 0. The molecule has 0 aliphatic rings. The summed E-state index contributed by atoms with van der Waals surface area (Å²) in [4.78, 5) is 33.4. The van der Waals surface area contributed by atoms with Crippen LogP contribution in [0.4, 0.5) is 26.3 Å². The Morgan fingerprint density at radius 1 is 0.905 bits per heavy atom. The molecule has 0 spiro atoms. The molecule has 1 aromatic heterocycles. The molecule has 0 N–H and O–H groups in total. The largest absolute Gasteiger partial charge is 0.416 e. The first kappa shape index (κ1) is 30.8. The maximum atomic E-state index is 13.8. The second-order valence-corrected chi connectivity index (χ2v) is 9.97. The van der Waals surface area contributed by atoms with Crippen LogP contribution in [0.5, 0.6) is 0 Å². The number of carbonyl (C=O) groups excluding carboxylic acids is 1. The molecule has 0 saturated heterocycles. The number of fused-ring (bicyclic) bond motifs is 1. The zero-order valence-electron chi connectivity index (χ0n) is 23.2. The Morgan fingerprint density at radius 2 is 1.50 bits per heavy atom. The fourth-order valence-corrected chi connectivity index (χ4v) is 4.74. The zero-order valence-corrected chi connectivity index (χ0v) is 23.2. The summed E-state index contributed by atoms with van der Waals surface area (Å²) in [5, 5.41) is 0.312. The van der Waals surface area contributed by atoms with E-state index in [0.29, 0.717) is 41.6 Å². The van der Waals surface area contributed by atoms with Crippen LogP contribution in [-0.2, 0) is 18.8 Å². The van der Waals surface area contributed by atoms with E-state index in [2.05, 4.69) is 4.98 Å². The average Bonchev–Trinajstić information content (AvgIpc) is 2.96. The van der Waals surface area contributed by atoms with E-state index in [1.807, 2.05) is 26.0 Å². The van der Waals surface area contributed by atoms with Crippen molar-refractivity contribution in [3.63, 3.8) is 0 Å². The minimum absolute atomic E-state index is 0.00552. The SMILES string of the molecule is CCCCN(C(=O)c1cc(C(F)(F)F)cc(C(F)(F)F)c1)C(C)c1nc2ccccc2c(=O)n1-c1ccc(CC)cc1. The number of hydrogen-bond acceptors (Lipinski definition) is 3. The Labute approximate surface area is 238 Å². The molecule has 222 valence electrons. The highest BCUT2D eigenvalue weighted by molar-refractivity contribution is 5.95. The molecule has 3 aromatic carbocycles. The van der Waals surface area contributed by atoms with Crippen molar-refractivity contribution >= 4 is 16.8 Å². The van der Waals surface area contributed by atoms with Gasteiger partial charge in [-0.3, -0.25) is 14.2 Å². The number of halogens is 6. The van der Waals surface area contributed by atoms with Crippen molar-refractivity contribution in [3.05, 3.63) is 105 Å². The van der Waals surface area contributed by atoms with Gasteiger partial charge in [0.25, 0.3) is 11.5 Å². The van der Waals surface area contributed by atoms with Crippen LogP contribution in [0.3, 0.4) is 0 Å². The maximum absolute atomic E-state index is 13.8. The molecule has 0 aliphatic carbocycles. The van der Waals surface area contributed by atoms with Crippen LogP contribution in [0.1, 0.15) is 72.5 Å². The van der Waals surface area contributed by atoms with Crippen molar-refractivity contribution in [3.8, 4) is 5.69 Å². The highest BCUT2D eigenvalue weighted by Crippen LogP contribution is 2.37. The molecule has 4 rings (SSSR count). The molecular formula is C31H29F6N3O2. The summed E-state index contributed by atoms with van der Waals surface area (Å²) in [6.07, 6.45) is -8.47. The number of aromatic nitrogens is 2. The predicted molar refractivity (Wildman–Crippen MR) is 148 cm³/mol. The minimum Gasteiger partial charge on any atom is -0.329 e. The van der Waals surface area contributed by atoms with E-state index in [1.54, 1.807) is 43.3 Å². The monoisotopic (exact) mass is 589 g/mol. The number of amides is 1. The van der Waals surface area contributed by atoms with E-state index in [9.17, 15) is 35.9 Å². The van der Waals surface area contributed by atoms with Crippen LogP contribution >= 0.6 is 0 Å². The Kier molecular flexibility index (Phi) is 8.79. The lowest BCUT2D eigenvalue weighted by Gasteiger charge is -2.31. The molecular weight excluding hydrogens is 560 g/mol. The van der Waals surface area contributed by atoms with Gasteiger partial charge in [0.15, 0.2) is 0 Å². The lowest BCUT2D eigenvalue weighted by atomic mass is 10.0. The van der Waals surface area contributed by atoms with Gasteiger partial charge in [-0.25, -0.2) is 4.98 Å². The smallest absolute Gasteiger partial charge is 0.329 e. The Balaban J connectivity index is 1.92. The summed E-state index contributed by atoms with van der Waals surface area (Å²) in [7, 11) is 0. The minimum atomic E-state index is -5.11. The van der Waals surface area contributed by atoms with Crippen LogP contribution in [0.25, 0.3) is 16.6 Å². The van der Waals surface area contributed by atoms with E-state index in [0.717, 1.165) is 12.0 Å². The first-order valence-corrected chi connectivity index (χ1v) is 13.5. The lowest BCUT2D eigenvalue weighted by molar-refractivity contribution is -0.143. The number of para-hydroxylation sites is 1. The second kappa shape index (κ2) is 12.0. The standard InChI is InChI=1S/C31H29F6N3O2/c1-4-6-15-39(28(41)21-16-22(30(32,33)34)18-23(17-21)31(35,36)37)19(3)27-38-26-10-8-7-9-25(26)29(42)40(27)24-13-11-20(5-2)12-14-24/h7-14,16-19H,4-6,15H2,1-3H3. The fourth-order valence-electron chi connectivity index (χ4n) is 4.74. The molecule has 1 amide bonds. The number of nitrogens with zero attached hydrogens (tertiary/aromatic N) is 3. The fraction of sp³-hybridized carbons (Fsp3) is 0.323. The van der Waals surface area contributed by atoms with E-state index in [4.69, 9.17) is 0 Å². The van der Waals surface area contributed by atoms with Crippen molar-refractivity contribution < 1.29 is 31.1 Å². The Hall–Kier alpha value is -4.15. The van der Waals surface area contributed by atoms with Gasteiger partial charge in [0.1, 0.15) is 5.82 Å². The predicted octanol–water partition coefficient (Wildman–Crippen LogP) is 7.99. The molecule has 0 bridgehead atoms. The second-order valence-electron chi connectivity index (χ2n) is 9.97. The molecule has 42 heavy (non-hydrogen) atoms. The van der Waals surface area contributed by atoms with Crippen LogP contribution in [-0.4, -0.2) is 26.9 Å². The van der Waals surface area contributed by atoms with Gasteiger partial charge < -0.3 is 4.90 Å². The number of benzene rings is 3. The highest BCUT2D eigenvalue weighted by Gasteiger charge is 2.38. The quantitative estimate of drug-likeness (QED) is 0.196. The Bertz CT molecular complexity index is 1610. The molecule has 0 aliphatic heterocycles. The summed E-state index contributed by atoms with van der Waals surface area (Å²) in [5.41, 5.74) is -2.54. The lowest BCUT2D eigenvalue weighted by Crippen LogP contribution is -2.38. The zero-order chi connectivity index (χ0) is 30.8.